The zero-order chi connectivity index (χ0) is 9.68. The lowest BCUT2D eigenvalue weighted by Crippen LogP contribution is -1.97. The standard InChI is InChI=1S/C11H17NO/c1-4-7-13-11-6-5-10(8-12-11)9(2)3/h5-6,8-9H,4,7H2,1-3H3. The molecule has 0 aliphatic rings. The van der Waals surface area contributed by atoms with Crippen LogP contribution in [0.5, 0.6) is 5.88 Å². The van der Waals surface area contributed by atoms with Crippen LogP contribution < -0.4 is 4.74 Å². The lowest BCUT2D eigenvalue weighted by molar-refractivity contribution is 0.305. The normalized spacial score (nSPS) is 10.5. The van der Waals surface area contributed by atoms with E-state index in [2.05, 4.69) is 31.8 Å². The molecule has 0 aliphatic heterocycles. The van der Waals surface area contributed by atoms with Crippen molar-refractivity contribution in [2.45, 2.75) is 33.1 Å². The molecule has 0 bridgehead atoms. The zero-order valence-electron chi connectivity index (χ0n) is 8.58. The van der Waals surface area contributed by atoms with E-state index in [1.165, 1.54) is 5.56 Å². The summed E-state index contributed by atoms with van der Waals surface area (Å²) in [7, 11) is 0. The van der Waals surface area contributed by atoms with Gasteiger partial charge in [-0.1, -0.05) is 26.8 Å². The van der Waals surface area contributed by atoms with Crippen LogP contribution in [0.15, 0.2) is 18.3 Å². The predicted octanol–water partition coefficient (Wildman–Crippen LogP) is 2.99. The third-order valence-corrected chi connectivity index (χ3v) is 1.88. The van der Waals surface area contributed by atoms with Crippen molar-refractivity contribution in [1.82, 2.24) is 4.98 Å². The van der Waals surface area contributed by atoms with Crippen LogP contribution in [0.25, 0.3) is 0 Å². The van der Waals surface area contributed by atoms with Gasteiger partial charge in [0, 0.05) is 12.3 Å². The molecule has 2 heteroatoms. The number of hydrogen-bond acceptors (Lipinski definition) is 2. The van der Waals surface area contributed by atoms with E-state index in [4.69, 9.17) is 4.74 Å². The molecule has 0 aliphatic carbocycles. The summed E-state index contributed by atoms with van der Waals surface area (Å²) in [5.41, 5.74) is 1.25. The molecule has 13 heavy (non-hydrogen) atoms. The van der Waals surface area contributed by atoms with E-state index in [0.717, 1.165) is 18.9 Å². The van der Waals surface area contributed by atoms with Gasteiger partial charge in [0.25, 0.3) is 0 Å². The maximum atomic E-state index is 5.38. The highest BCUT2D eigenvalue weighted by Gasteiger charge is 1.99. The predicted molar refractivity (Wildman–Crippen MR) is 54.1 cm³/mol. The van der Waals surface area contributed by atoms with E-state index in [1.807, 2.05) is 12.3 Å². The lowest BCUT2D eigenvalue weighted by Gasteiger charge is -2.06. The van der Waals surface area contributed by atoms with Crippen molar-refractivity contribution in [2.75, 3.05) is 6.61 Å². The van der Waals surface area contributed by atoms with Crippen molar-refractivity contribution in [2.24, 2.45) is 0 Å². The first kappa shape index (κ1) is 10.0. The number of nitrogens with zero attached hydrogens (tertiary/aromatic N) is 1. The van der Waals surface area contributed by atoms with E-state index in [-0.39, 0.29) is 0 Å². The van der Waals surface area contributed by atoms with Gasteiger partial charge in [-0.05, 0) is 17.9 Å². The van der Waals surface area contributed by atoms with Gasteiger partial charge in [0.1, 0.15) is 0 Å². The van der Waals surface area contributed by atoms with Crippen LogP contribution in [0.4, 0.5) is 0 Å². The molecule has 1 heterocycles. The molecule has 0 aromatic carbocycles. The molecular formula is C11H17NO. The molecule has 0 unspecified atom stereocenters. The molecule has 72 valence electrons. The molecule has 0 atom stereocenters. The van der Waals surface area contributed by atoms with Crippen LogP contribution in [0.3, 0.4) is 0 Å². The average Bonchev–Trinajstić information content (AvgIpc) is 2.15. The highest BCUT2D eigenvalue weighted by Crippen LogP contribution is 2.15. The van der Waals surface area contributed by atoms with E-state index < -0.39 is 0 Å². The van der Waals surface area contributed by atoms with Crippen molar-refractivity contribution in [3.63, 3.8) is 0 Å². The number of aromatic nitrogens is 1. The first-order valence-electron chi connectivity index (χ1n) is 4.82. The Hall–Kier alpha value is -1.05. The molecule has 0 fully saturated rings. The average molecular weight is 179 g/mol. The minimum atomic E-state index is 0.535. The highest BCUT2D eigenvalue weighted by atomic mass is 16.5. The number of ether oxygens (including phenoxy) is 1. The first-order chi connectivity index (χ1) is 6.24. The fraction of sp³-hybridized carbons (Fsp3) is 0.545. The van der Waals surface area contributed by atoms with Crippen molar-refractivity contribution < 1.29 is 4.74 Å². The van der Waals surface area contributed by atoms with Gasteiger partial charge in [-0.25, -0.2) is 4.98 Å². The molecule has 0 N–H and O–H groups in total. The second-order valence-electron chi connectivity index (χ2n) is 3.43. The van der Waals surface area contributed by atoms with Crippen LogP contribution in [-0.4, -0.2) is 11.6 Å². The summed E-state index contributed by atoms with van der Waals surface area (Å²) in [6.45, 7) is 7.14. The van der Waals surface area contributed by atoms with Gasteiger partial charge >= 0.3 is 0 Å². The Morgan fingerprint density at radius 1 is 1.38 bits per heavy atom. The van der Waals surface area contributed by atoms with Crippen LogP contribution >= 0.6 is 0 Å². The second-order valence-corrected chi connectivity index (χ2v) is 3.43. The summed E-state index contributed by atoms with van der Waals surface area (Å²) in [6, 6.07) is 4.01. The summed E-state index contributed by atoms with van der Waals surface area (Å²) in [4.78, 5) is 4.22. The van der Waals surface area contributed by atoms with Gasteiger partial charge in [0.2, 0.25) is 5.88 Å². The van der Waals surface area contributed by atoms with Gasteiger partial charge in [-0.2, -0.15) is 0 Å². The zero-order valence-corrected chi connectivity index (χ0v) is 8.58. The van der Waals surface area contributed by atoms with Crippen LogP contribution in [0, 0.1) is 0 Å². The fourth-order valence-electron chi connectivity index (χ4n) is 1.03. The minimum absolute atomic E-state index is 0.535. The number of hydrogen-bond donors (Lipinski definition) is 0. The maximum Gasteiger partial charge on any atom is 0.213 e. The Bertz CT molecular complexity index is 241. The summed E-state index contributed by atoms with van der Waals surface area (Å²) in [6.07, 6.45) is 2.91. The van der Waals surface area contributed by atoms with Crippen LogP contribution in [0.1, 0.15) is 38.7 Å². The number of rotatable bonds is 4. The molecule has 0 radical (unpaired) electrons. The summed E-state index contributed by atoms with van der Waals surface area (Å²) >= 11 is 0. The summed E-state index contributed by atoms with van der Waals surface area (Å²) in [5, 5.41) is 0. The lowest BCUT2D eigenvalue weighted by atomic mass is 10.1. The quantitative estimate of drug-likeness (QED) is 0.708. The Balaban J connectivity index is 2.59. The Morgan fingerprint density at radius 3 is 2.62 bits per heavy atom. The van der Waals surface area contributed by atoms with Gasteiger partial charge in [-0.3, -0.25) is 0 Å². The monoisotopic (exact) mass is 179 g/mol. The van der Waals surface area contributed by atoms with Gasteiger partial charge in [0.05, 0.1) is 6.61 Å². The highest BCUT2D eigenvalue weighted by molar-refractivity contribution is 5.20. The summed E-state index contributed by atoms with van der Waals surface area (Å²) in [5.74, 6) is 1.26. The first-order valence-corrected chi connectivity index (χ1v) is 4.82. The molecule has 0 saturated carbocycles. The third kappa shape index (κ3) is 3.05. The van der Waals surface area contributed by atoms with E-state index in [1.54, 1.807) is 0 Å². The van der Waals surface area contributed by atoms with Crippen molar-refractivity contribution in [3.05, 3.63) is 23.9 Å². The molecular weight excluding hydrogens is 162 g/mol. The molecule has 0 amide bonds. The van der Waals surface area contributed by atoms with Gasteiger partial charge < -0.3 is 4.74 Å². The Morgan fingerprint density at radius 2 is 2.15 bits per heavy atom. The topological polar surface area (TPSA) is 22.1 Å². The smallest absolute Gasteiger partial charge is 0.213 e. The minimum Gasteiger partial charge on any atom is -0.478 e. The molecule has 0 spiro atoms. The number of pyridine rings is 1. The maximum absolute atomic E-state index is 5.38. The van der Waals surface area contributed by atoms with E-state index >= 15 is 0 Å². The van der Waals surface area contributed by atoms with Crippen LogP contribution in [-0.2, 0) is 0 Å². The molecule has 1 aromatic rings. The third-order valence-electron chi connectivity index (χ3n) is 1.88. The van der Waals surface area contributed by atoms with Gasteiger partial charge in [0.15, 0.2) is 0 Å². The second kappa shape index (κ2) is 4.85. The van der Waals surface area contributed by atoms with Crippen LogP contribution in [0.2, 0.25) is 0 Å². The fourth-order valence-corrected chi connectivity index (χ4v) is 1.03. The molecule has 1 rings (SSSR count). The molecule has 1 aromatic heterocycles. The largest absolute Gasteiger partial charge is 0.478 e. The van der Waals surface area contributed by atoms with Crippen molar-refractivity contribution in [1.29, 1.82) is 0 Å². The Kier molecular flexibility index (Phi) is 3.74. The van der Waals surface area contributed by atoms with Crippen molar-refractivity contribution in [3.8, 4) is 5.88 Å². The van der Waals surface area contributed by atoms with E-state index in [9.17, 15) is 0 Å². The summed E-state index contributed by atoms with van der Waals surface area (Å²) < 4.78 is 5.38. The SMILES string of the molecule is CCCOc1ccc(C(C)C)cn1. The van der Waals surface area contributed by atoms with E-state index in [0.29, 0.717) is 5.92 Å². The molecule has 2 nitrogen and oxygen atoms in total. The van der Waals surface area contributed by atoms with Crippen molar-refractivity contribution >= 4 is 0 Å². The Labute approximate surface area is 80.0 Å². The van der Waals surface area contributed by atoms with Gasteiger partial charge in [-0.15, -0.1) is 0 Å². The molecule has 0 saturated heterocycles.